The van der Waals surface area contributed by atoms with Gasteiger partial charge >= 0.3 is 5.97 Å². The summed E-state index contributed by atoms with van der Waals surface area (Å²) < 4.78 is 4.69. The highest BCUT2D eigenvalue weighted by Crippen LogP contribution is 2.09. The molecular weight excluding hydrogens is 128 g/mol. The minimum absolute atomic E-state index is 0.207. The van der Waals surface area contributed by atoms with Gasteiger partial charge < -0.3 is 4.74 Å². The summed E-state index contributed by atoms with van der Waals surface area (Å²) in [5.74, 6) is -0.207. The Hall–Kier alpha value is -1.05. The van der Waals surface area contributed by atoms with Crippen LogP contribution in [0.3, 0.4) is 0 Å². The van der Waals surface area contributed by atoms with Crippen molar-refractivity contribution in [3.05, 3.63) is 23.3 Å². The Balaban J connectivity index is 2.74. The van der Waals surface area contributed by atoms with Gasteiger partial charge in [0, 0.05) is 0 Å². The monoisotopic (exact) mass is 138 g/mol. The van der Waals surface area contributed by atoms with E-state index >= 15 is 0 Å². The van der Waals surface area contributed by atoms with Crippen molar-refractivity contribution in [1.82, 2.24) is 0 Å². The molecule has 0 aromatic heterocycles. The van der Waals surface area contributed by atoms with E-state index in [-0.39, 0.29) is 5.97 Å². The molecule has 0 saturated carbocycles. The number of rotatable bonds is 1. The predicted molar refractivity (Wildman–Crippen MR) is 38.5 cm³/mol. The zero-order valence-corrected chi connectivity index (χ0v) is 6.18. The van der Waals surface area contributed by atoms with Gasteiger partial charge in [0.2, 0.25) is 0 Å². The summed E-state index contributed by atoms with van der Waals surface area (Å²) in [6.45, 7) is 4.33. The van der Waals surface area contributed by atoms with Gasteiger partial charge in [0.1, 0.15) is 6.61 Å². The molecule has 0 atom stereocenters. The molecule has 2 nitrogen and oxygen atoms in total. The minimum atomic E-state index is -0.207. The van der Waals surface area contributed by atoms with Crippen LogP contribution in [-0.2, 0) is 9.53 Å². The van der Waals surface area contributed by atoms with Crippen LogP contribution in [0.25, 0.3) is 0 Å². The maximum atomic E-state index is 10.8. The van der Waals surface area contributed by atoms with Crippen molar-refractivity contribution >= 4 is 5.97 Å². The second-order valence-electron chi connectivity index (χ2n) is 2.48. The molecule has 0 aliphatic carbocycles. The Morgan fingerprint density at radius 3 is 2.80 bits per heavy atom. The summed E-state index contributed by atoms with van der Waals surface area (Å²) in [6.07, 6.45) is 3.62. The summed E-state index contributed by atoms with van der Waals surface area (Å²) in [6, 6.07) is 0. The number of cyclic esters (lactones) is 1. The molecule has 0 aromatic rings. The molecule has 1 rings (SSSR count). The zero-order chi connectivity index (χ0) is 7.56. The standard InChI is InChI=1S/C8H10O2/c1-6(2)5-7-3-4-10-8(7)9/h3,5H,4H2,1-2H3. The first-order valence-corrected chi connectivity index (χ1v) is 3.22. The Morgan fingerprint density at radius 1 is 1.70 bits per heavy atom. The summed E-state index contributed by atoms with van der Waals surface area (Å²) >= 11 is 0. The largest absolute Gasteiger partial charge is 0.458 e. The van der Waals surface area contributed by atoms with Gasteiger partial charge in [-0.1, -0.05) is 5.57 Å². The molecule has 0 aromatic carbocycles. The maximum absolute atomic E-state index is 10.8. The van der Waals surface area contributed by atoms with Crippen LogP contribution >= 0.6 is 0 Å². The van der Waals surface area contributed by atoms with Crippen molar-refractivity contribution < 1.29 is 9.53 Å². The highest BCUT2D eigenvalue weighted by Gasteiger charge is 2.12. The lowest BCUT2D eigenvalue weighted by molar-refractivity contribution is -0.135. The van der Waals surface area contributed by atoms with Gasteiger partial charge in [-0.3, -0.25) is 0 Å². The Labute approximate surface area is 60.2 Å². The number of hydrogen-bond donors (Lipinski definition) is 0. The second-order valence-corrected chi connectivity index (χ2v) is 2.48. The third kappa shape index (κ3) is 1.47. The fourth-order valence-corrected chi connectivity index (χ4v) is 0.803. The number of esters is 1. The number of allylic oxidation sites excluding steroid dienone is 1. The first-order valence-electron chi connectivity index (χ1n) is 3.22. The van der Waals surface area contributed by atoms with Crippen LogP contribution in [0.2, 0.25) is 0 Å². The minimum Gasteiger partial charge on any atom is -0.458 e. The molecule has 0 saturated heterocycles. The average molecular weight is 138 g/mol. The van der Waals surface area contributed by atoms with E-state index in [9.17, 15) is 4.79 Å². The SMILES string of the molecule is CC(C)=CC1=CCOC1=O. The quantitative estimate of drug-likeness (QED) is 0.512. The topological polar surface area (TPSA) is 26.3 Å². The highest BCUT2D eigenvalue weighted by atomic mass is 16.5. The summed E-state index contributed by atoms with van der Waals surface area (Å²) in [7, 11) is 0. The van der Waals surface area contributed by atoms with Crippen molar-refractivity contribution in [2.45, 2.75) is 13.8 Å². The molecular formula is C8H10O2. The molecule has 54 valence electrons. The maximum Gasteiger partial charge on any atom is 0.338 e. The van der Waals surface area contributed by atoms with Gasteiger partial charge in [-0.2, -0.15) is 0 Å². The molecule has 10 heavy (non-hydrogen) atoms. The highest BCUT2D eigenvalue weighted by molar-refractivity contribution is 5.93. The van der Waals surface area contributed by atoms with Gasteiger partial charge in [0.05, 0.1) is 5.57 Å². The van der Waals surface area contributed by atoms with E-state index < -0.39 is 0 Å². The van der Waals surface area contributed by atoms with Crippen LogP contribution in [0.15, 0.2) is 23.3 Å². The van der Waals surface area contributed by atoms with Gasteiger partial charge in [0.25, 0.3) is 0 Å². The molecule has 0 N–H and O–H groups in total. The van der Waals surface area contributed by atoms with Crippen LogP contribution < -0.4 is 0 Å². The number of carbonyl (C=O) groups is 1. The molecule has 0 fully saturated rings. The molecule has 0 radical (unpaired) electrons. The lowest BCUT2D eigenvalue weighted by atomic mass is 10.2. The molecule has 1 aliphatic heterocycles. The fraction of sp³-hybridized carbons (Fsp3) is 0.375. The fourth-order valence-electron chi connectivity index (χ4n) is 0.803. The Bertz CT molecular complexity index is 207. The van der Waals surface area contributed by atoms with Crippen molar-refractivity contribution in [3.63, 3.8) is 0 Å². The third-order valence-electron chi connectivity index (χ3n) is 1.20. The second kappa shape index (κ2) is 2.69. The van der Waals surface area contributed by atoms with Crippen LogP contribution in [0.5, 0.6) is 0 Å². The van der Waals surface area contributed by atoms with Crippen molar-refractivity contribution in [1.29, 1.82) is 0 Å². The van der Waals surface area contributed by atoms with Crippen molar-refractivity contribution in [2.24, 2.45) is 0 Å². The molecule has 1 aliphatic rings. The molecule has 0 bridgehead atoms. The smallest absolute Gasteiger partial charge is 0.338 e. The van der Waals surface area contributed by atoms with E-state index in [0.29, 0.717) is 12.2 Å². The van der Waals surface area contributed by atoms with E-state index in [1.54, 1.807) is 6.08 Å². The lowest BCUT2D eigenvalue weighted by Gasteiger charge is -1.91. The predicted octanol–water partition coefficient (Wildman–Crippen LogP) is 1.44. The van der Waals surface area contributed by atoms with Crippen molar-refractivity contribution in [2.75, 3.05) is 6.61 Å². The Morgan fingerprint density at radius 2 is 2.40 bits per heavy atom. The van der Waals surface area contributed by atoms with Crippen molar-refractivity contribution in [3.8, 4) is 0 Å². The van der Waals surface area contributed by atoms with E-state index in [2.05, 4.69) is 0 Å². The van der Waals surface area contributed by atoms with E-state index in [0.717, 1.165) is 5.57 Å². The van der Waals surface area contributed by atoms with E-state index in [4.69, 9.17) is 4.74 Å². The molecule has 0 unspecified atom stereocenters. The average Bonchev–Trinajstić information content (AvgIpc) is 2.15. The van der Waals surface area contributed by atoms with Gasteiger partial charge in [-0.15, -0.1) is 0 Å². The van der Waals surface area contributed by atoms with Crippen LogP contribution in [-0.4, -0.2) is 12.6 Å². The van der Waals surface area contributed by atoms with Crippen LogP contribution in [0.1, 0.15) is 13.8 Å². The van der Waals surface area contributed by atoms with E-state index in [1.807, 2.05) is 19.9 Å². The number of ether oxygens (including phenoxy) is 1. The first kappa shape index (κ1) is 7.06. The normalized spacial score (nSPS) is 16.2. The summed E-state index contributed by atoms with van der Waals surface area (Å²) in [5, 5.41) is 0. The lowest BCUT2D eigenvalue weighted by Crippen LogP contribution is -1.96. The number of carbonyl (C=O) groups excluding carboxylic acids is 1. The van der Waals surface area contributed by atoms with Gasteiger partial charge in [0.15, 0.2) is 0 Å². The zero-order valence-electron chi connectivity index (χ0n) is 6.18. The van der Waals surface area contributed by atoms with Gasteiger partial charge in [-0.25, -0.2) is 4.79 Å². The van der Waals surface area contributed by atoms with Crippen LogP contribution in [0, 0.1) is 0 Å². The molecule has 1 heterocycles. The third-order valence-corrected chi connectivity index (χ3v) is 1.20. The Kier molecular flexibility index (Phi) is 1.90. The number of hydrogen-bond acceptors (Lipinski definition) is 2. The molecule has 0 amide bonds. The first-order chi connectivity index (χ1) is 4.70. The molecule has 0 spiro atoms. The summed E-state index contributed by atoms with van der Waals surface area (Å²) in [4.78, 5) is 10.8. The van der Waals surface area contributed by atoms with E-state index in [1.165, 1.54) is 0 Å². The summed E-state index contributed by atoms with van der Waals surface area (Å²) in [5.41, 5.74) is 1.80. The van der Waals surface area contributed by atoms with Crippen LogP contribution in [0.4, 0.5) is 0 Å². The molecule has 2 heteroatoms. The van der Waals surface area contributed by atoms with Gasteiger partial charge in [-0.05, 0) is 26.0 Å².